The van der Waals surface area contributed by atoms with Crippen LogP contribution in [0.3, 0.4) is 0 Å². The summed E-state index contributed by atoms with van der Waals surface area (Å²) in [6.45, 7) is 0.0529. The first kappa shape index (κ1) is 11.5. The zero-order valence-corrected chi connectivity index (χ0v) is 6.36. The highest BCUT2D eigenvalue weighted by molar-refractivity contribution is 5.85. The lowest BCUT2D eigenvalue weighted by molar-refractivity contribution is -0.130. The van der Waals surface area contributed by atoms with E-state index < -0.39 is 0 Å². The Labute approximate surface area is 60.8 Å². The van der Waals surface area contributed by atoms with Crippen LogP contribution >= 0.6 is 12.4 Å². The van der Waals surface area contributed by atoms with Crippen molar-refractivity contribution in [2.45, 2.75) is 0 Å². The van der Waals surface area contributed by atoms with Crippen LogP contribution in [0.2, 0.25) is 0 Å². The molecule has 9 heavy (non-hydrogen) atoms. The summed E-state index contributed by atoms with van der Waals surface area (Å²) in [5, 5.41) is 1.33. The van der Waals surface area contributed by atoms with Gasteiger partial charge < -0.3 is 5.73 Å². The number of hydrogen-bond acceptors (Lipinski definition) is 3. The van der Waals surface area contributed by atoms with Crippen molar-refractivity contribution >= 4 is 18.3 Å². The van der Waals surface area contributed by atoms with Crippen molar-refractivity contribution in [3.63, 3.8) is 0 Å². The van der Waals surface area contributed by atoms with Crippen LogP contribution in [0, 0.1) is 0 Å². The number of nitrogens with zero attached hydrogens (tertiary/aromatic N) is 1. The Morgan fingerprint density at radius 3 is 2.33 bits per heavy atom. The molecule has 0 radical (unpaired) electrons. The van der Waals surface area contributed by atoms with E-state index in [0.29, 0.717) is 0 Å². The highest BCUT2D eigenvalue weighted by Crippen LogP contribution is 1.70. The van der Waals surface area contributed by atoms with Gasteiger partial charge in [0, 0.05) is 14.1 Å². The Morgan fingerprint density at radius 1 is 1.78 bits per heavy atom. The second-order valence-electron chi connectivity index (χ2n) is 1.38. The molecule has 0 heterocycles. The number of carbonyl (C=O) groups is 1. The molecule has 0 aromatic carbocycles. The quantitative estimate of drug-likeness (QED) is 0.499. The van der Waals surface area contributed by atoms with E-state index in [0.717, 1.165) is 0 Å². The second kappa shape index (κ2) is 5.81. The highest BCUT2D eigenvalue weighted by atomic mass is 35.5. The van der Waals surface area contributed by atoms with Crippen molar-refractivity contribution in [2.24, 2.45) is 5.73 Å². The first-order chi connectivity index (χ1) is 3.72. The Balaban J connectivity index is 0. The number of likely N-dealkylation sites (N-methyl/N-ethyl adjacent to an activating group) is 1. The fourth-order valence-electron chi connectivity index (χ4n) is 0.262. The highest BCUT2D eigenvalue weighted by Gasteiger charge is 1.99. The van der Waals surface area contributed by atoms with Gasteiger partial charge in [-0.1, -0.05) is 0 Å². The van der Waals surface area contributed by atoms with Crippen molar-refractivity contribution in [2.75, 3.05) is 20.6 Å². The van der Waals surface area contributed by atoms with Gasteiger partial charge in [0.15, 0.2) is 0 Å². The fourth-order valence-corrected chi connectivity index (χ4v) is 0.262. The minimum atomic E-state index is -0.118. The van der Waals surface area contributed by atoms with E-state index in [1.54, 1.807) is 14.1 Å². The normalized spacial score (nSPS) is 7.89. The second-order valence-corrected chi connectivity index (χ2v) is 1.38. The molecule has 4 nitrogen and oxygen atoms in total. The molecule has 0 rings (SSSR count). The topological polar surface area (TPSA) is 58.4 Å². The first-order valence-electron chi connectivity index (χ1n) is 2.36. The molecule has 0 aliphatic carbocycles. The van der Waals surface area contributed by atoms with Gasteiger partial charge in [-0.3, -0.25) is 9.80 Å². The predicted molar refractivity (Wildman–Crippen MR) is 38.1 cm³/mol. The molecule has 0 fully saturated rings. The summed E-state index contributed by atoms with van der Waals surface area (Å²) in [6, 6.07) is 0. The number of rotatable bonds is 2. The minimum absolute atomic E-state index is 0. The van der Waals surface area contributed by atoms with E-state index in [2.05, 4.69) is 5.43 Å². The molecule has 5 heteroatoms. The van der Waals surface area contributed by atoms with Crippen LogP contribution in [0.4, 0.5) is 0 Å². The van der Waals surface area contributed by atoms with Crippen LogP contribution in [-0.2, 0) is 4.79 Å². The zero-order chi connectivity index (χ0) is 6.57. The number of hydrogen-bond donors (Lipinski definition) is 2. The first-order valence-corrected chi connectivity index (χ1v) is 2.36. The molecular formula is C4H12ClN3O. The number of amides is 1. The summed E-state index contributed by atoms with van der Waals surface area (Å²) < 4.78 is 0. The van der Waals surface area contributed by atoms with E-state index in [4.69, 9.17) is 5.73 Å². The van der Waals surface area contributed by atoms with Gasteiger partial charge in [-0.2, -0.15) is 0 Å². The number of halogens is 1. The SMILES string of the molecule is CNN(C)C(=O)CN.Cl. The number of nitrogens with two attached hydrogens (primary N) is 1. The Morgan fingerprint density at radius 2 is 2.22 bits per heavy atom. The molecule has 56 valence electrons. The number of hydrazine groups is 1. The fraction of sp³-hybridized carbons (Fsp3) is 0.750. The maximum absolute atomic E-state index is 10.5. The number of carbonyl (C=O) groups excluding carboxylic acids is 1. The van der Waals surface area contributed by atoms with Gasteiger partial charge >= 0.3 is 0 Å². The van der Waals surface area contributed by atoms with Gasteiger partial charge in [0.1, 0.15) is 0 Å². The van der Waals surface area contributed by atoms with E-state index in [1.165, 1.54) is 5.01 Å². The predicted octanol–water partition coefficient (Wildman–Crippen LogP) is -1.04. The molecule has 0 saturated heterocycles. The molecule has 3 N–H and O–H groups in total. The van der Waals surface area contributed by atoms with Gasteiger partial charge in [-0.15, -0.1) is 12.4 Å². The van der Waals surface area contributed by atoms with E-state index >= 15 is 0 Å². The van der Waals surface area contributed by atoms with Gasteiger partial charge in [-0.05, 0) is 0 Å². The average molecular weight is 154 g/mol. The molecule has 0 unspecified atom stereocenters. The van der Waals surface area contributed by atoms with Gasteiger partial charge in [0.2, 0.25) is 5.91 Å². The van der Waals surface area contributed by atoms with Gasteiger partial charge in [-0.25, -0.2) is 5.43 Å². The Bertz CT molecular complexity index is 87.9. The van der Waals surface area contributed by atoms with Crippen molar-refractivity contribution in [3.05, 3.63) is 0 Å². The molecule has 1 amide bonds. The third-order valence-corrected chi connectivity index (χ3v) is 0.884. The van der Waals surface area contributed by atoms with Crippen LogP contribution < -0.4 is 11.2 Å². The summed E-state index contributed by atoms with van der Waals surface area (Å²) >= 11 is 0. The molecule has 0 atom stereocenters. The summed E-state index contributed by atoms with van der Waals surface area (Å²) in [6.07, 6.45) is 0. The van der Waals surface area contributed by atoms with Crippen LogP contribution in [0.1, 0.15) is 0 Å². The Kier molecular flexibility index (Phi) is 7.41. The molecule has 0 saturated carbocycles. The van der Waals surface area contributed by atoms with Gasteiger partial charge in [0.05, 0.1) is 6.54 Å². The lowest BCUT2D eigenvalue weighted by atomic mass is 10.6. The molecule has 0 aliphatic rings. The molecule has 0 aromatic rings. The summed E-state index contributed by atoms with van der Waals surface area (Å²) in [7, 11) is 3.28. The maximum atomic E-state index is 10.5. The average Bonchev–Trinajstić information content (AvgIpc) is 1.84. The maximum Gasteiger partial charge on any atom is 0.250 e. The summed E-state index contributed by atoms with van der Waals surface area (Å²) in [4.78, 5) is 10.5. The molecule has 0 aliphatic heterocycles. The van der Waals surface area contributed by atoms with Crippen LogP contribution in [-0.4, -0.2) is 31.6 Å². The summed E-state index contributed by atoms with van der Waals surface area (Å²) in [5.41, 5.74) is 7.64. The smallest absolute Gasteiger partial charge is 0.250 e. The monoisotopic (exact) mass is 153 g/mol. The minimum Gasteiger partial charge on any atom is -0.322 e. The molecule has 0 bridgehead atoms. The molecule has 0 spiro atoms. The zero-order valence-electron chi connectivity index (χ0n) is 5.55. The summed E-state index contributed by atoms with van der Waals surface area (Å²) in [5.74, 6) is -0.118. The third-order valence-electron chi connectivity index (χ3n) is 0.884. The molecular weight excluding hydrogens is 142 g/mol. The van der Waals surface area contributed by atoms with E-state index in [-0.39, 0.29) is 24.9 Å². The van der Waals surface area contributed by atoms with Crippen molar-refractivity contribution in [3.8, 4) is 0 Å². The Hall–Kier alpha value is -0.320. The van der Waals surface area contributed by atoms with Crippen LogP contribution in [0.5, 0.6) is 0 Å². The molecule has 0 aromatic heterocycles. The van der Waals surface area contributed by atoms with E-state index in [1.807, 2.05) is 0 Å². The van der Waals surface area contributed by atoms with Crippen LogP contribution in [0.25, 0.3) is 0 Å². The van der Waals surface area contributed by atoms with Crippen LogP contribution in [0.15, 0.2) is 0 Å². The lowest BCUT2D eigenvalue weighted by Gasteiger charge is -2.12. The number of nitrogens with one attached hydrogen (secondary N) is 1. The largest absolute Gasteiger partial charge is 0.322 e. The van der Waals surface area contributed by atoms with Crippen molar-refractivity contribution in [1.29, 1.82) is 0 Å². The van der Waals surface area contributed by atoms with E-state index in [9.17, 15) is 4.79 Å². The van der Waals surface area contributed by atoms with Gasteiger partial charge in [0.25, 0.3) is 0 Å². The third kappa shape index (κ3) is 4.20. The lowest BCUT2D eigenvalue weighted by Crippen LogP contribution is -2.40. The van der Waals surface area contributed by atoms with Crippen molar-refractivity contribution in [1.82, 2.24) is 10.4 Å². The van der Waals surface area contributed by atoms with Crippen molar-refractivity contribution < 1.29 is 4.79 Å². The standard InChI is InChI=1S/C4H11N3O.ClH/c1-6-7(2)4(8)3-5;/h6H,3,5H2,1-2H3;1H.